The molecular formula is C13H15BrFN3. The first kappa shape index (κ1) is 13.2. The molecule has 96 valence electrons. The minimum atomic E-state index is -0.252. The molecule has 1 atom stereocenters. The van der Waals surface area contributed by atoms with E-state index < -0.39 is 0 Å². The third-order valence-corrected chi connectivity index (χ3v) is 3.15. The first-order valence-electron chi connectivity index (χ1n) is 5.90. The van der Waals surface area contributed by atoms with E-state index in [1.807, 2.05) is 0 Å². The Morgan fingerprint density at radius 3 is 3.00 bits per heavy atom. The molecule has 18 heavy (non-hydrogen) atoms. The second-order valence-corrected chi connectivity index (χ2v) is 4.94. The second-order valence-electron chi connectivity index (χ2n) is 4.03. The predicted octanol–water partition coefficient (Wildman–Crippen LogP) is 3.40. The van der Waals surface area contributed by atoms with E-state index in [1.54, 1.807) is 24.5 Å². The summed E-state index contributed by atoms with van der Waals surface area (Å²) in [6.07, 6.45) is 4.39. The Kier molecular flexibility index (Phi) is 4.49. The van der Waals surface area contributed by atoms with Gasteiger partial charge in [-0.05, 0) is 31.2 Å². The Morgan fingerprint density at radius 2 is 2.33 bits per heavy atom. The lowest BCUT2D eigenvalue weighted by atomic mass is 10.1. The monoisotopic (exact) mass is 311 g/mol. The van der Waals surface area contributed by atoms with Gasteiger partial charge >= 0.3 is 0 Å². The molecule has 1 unspecified atom stereocenters. The molecule has 2 rings (SSSR count). The Bertz CT molecular complexity index is 499. The maximum atomic E-state index is 13.9. The Labute approximate surface area is 114 Å². The number of nitrogens with zero attached hydrogens (tertiary/aromatic N) is 1. The molecule has 0 fully saturated rings. The summed E-state index contributed by atoms with van der Waals surface area (Å²) in [5.41, 5.74) is 0.591. The van der Waals surface area contributed by atoms with Gasteiger partial charge in [-0.15, -0.1) is 0 Å². The van der Waals surface area contributed by atoms with Gasteiger partial charge in [-0.2, -0.15) is 0 Å². The van der Waals surface area contributed by atoms with Crippen LogP contribution in [0.1, 0.15) is 30.8 Å². The van der Waals surface area contributed by atoms with Gasteiger partial charge in [0.2, 0.25) is 0 Å². The van der Waals surface area contributed by atoms with Crippen LogP contribution in [0.3, 0.4) is 0 Å². The Balaban J connectivity index is 2.36. The van der Waals surface area contributed by atoms with E-state index in [4.69, 9.17) is 0 Å². The smallest absolute Gasteiger partial charge is 0.128 e. The normalized spacial score (nSPS) is 12.6. The topological polar surface area (TPSA) is 40.7 Å². The van der Waals surface area contributed by atoms with Crippen LogP contribution < -0.4 is 5.32 Å². The molecule has 0 saturated heterocycles. The van der Waals surface area contributed by atoms with Gasteiger partial charge in [0.1, 0.15) is 11.6 Å². The summed E-state index contributed by atoms with van der Waals surface area (Å²) in [6, 6.07) is 4.68. The van der Waals surface area contributed by atoms with Crippen LogP contribution in [0, 0.1) is 5.82 Å². The number of benzene rings is 1. The molecule has 1 heterocycles. The number of halogens is 2. The van der Waals surface area contributed by atoms with Crippen LogP contribution in [0.4, 0.5) is 4.39 Å². The van der Waals surface area contributed by atoms with Crippen molar-refractivity contribution in [3.8, 4) is 0 Å². The highest BCUT2D eigenvalue weighted by Gasteiger charge is 2.19. The average Bonchev–Trinajstić information content (AvgIpc) is 2.88. The minimum Gasteiger partial charge on any atom is -0.347 e. The van der Waals surface area contributed by atoms with Crippen LogP contribution in [0.25, 0.3) is 0 Å². The number of H-pyrrole nitrogens is 1. The van der Waals surface area contributed by atoms with Crippen LogP contribution in [0.2, 0.25) is 0 Å². The van der Waals surface area contributed by atoms with Crippen molar-refractivity contribution in [3.05, 3.63) is 52.3 Å². The van der Waals surface area contributed by atoms with E-state index in [2.05, 4.69) is 38.1 Å². The minimum absolute atomic E-state index is 0.233. The highest BCUT2D eigenvalue weighted by atomic mass is 79.9. The van der Waals surface area contributed by atoms with Crippen LogP contribution in [-0.2, 0) is 0 Å². The molecule has 3 nitrogen and oxygen atoms in total. The summed E-state index contributed by atoms with van der Waals surface area (Å²) >= 11 is 3.37. The standard InChI is InChI=1S/C13H15BrFN3/c1-2-5-16-12(13-17-6-7-18-13)10-8-9(14)3-4-11(10)15/h3-4,6-8,12,16H,2,5H2,1H3,(H,17,18). The molecule has 0 bridgehead atoms. The van der Waals surface area contributed by atoms with Gasteiger partial charge in [0.15, 0.2) is 0 Å². The maximum absolute atomic E-state index is 13.9. The third-order valence-electron chi connectivity index (χ3n) is 2.66. The van der Waals surface area contributed by atoms with Gasteiger partial charge in [0.25, 0.3) is 0 Å². The van der Waals surface area contributed by atoms with Crippen LogP contribution in [0.15, 0.2) is 35.1 Å². The largest absolute Gasteiger partial charge is 0.347 e. The molecule has 1 aromatic carbocycles. The van der Waals surface area contributed by atoms with Crippen molar-refractivity contribution in [1.82, 2.24) is 15.3 Å². The van der Waals surface area contributed by atoms with E-state index >= 15 is 0 Å². The summed E-state index contributed by atoms with van der Waals surface area (Å²) in [5.74, 6) is 0.489. The number of imidazole rings is 1. The molecule has 0 saturated carbocycles. The number of aromatic nitrogens is 2. The van der Waals surface area contributed by atoms with Crippen molar-refractivity contribution < 1.29 is 4.39 Å². The number of nitrogens with one attached hydrogen (secondary N) is 2. The van der Waals surface area contributed by atoms with Gasteiger partial charge in [-0.25, -0.2) is 9.37 Å². The first-order valence-corrected chi connectivity index (χ1v) is 6.69. The van der Waals surface area contributed by atoms with Crippen molar-refractivity contribution in [3.63, 3.8) is 0 Å². The van der Waals surface area contributed by atoms with Crippen molar-refractivity contribution in [1.29, 1.82) is 0 Å². The molecule has 0 aliphatic carbocycles. The molecule has 5 heteroatoms. The molecule has 1 aromatic heterocycles. The van der Waals surface area contributed by atoms with Crippen LogP contribution in [0.5, 0.6) is 0 Å². The second kappa shape index (κ2) is 6.11. The molecule has 0 aliphatic rings. The van der Waals surface area contributed by atoms with E-state index in [0.717, 1.165) is 23.3 Å². The van der Waals surface area contributed by atoms with Crippen LogP contribution in [-0.4, -0.2) is 16.5 Å². The highest BCUT2D eigenvalue weighted by molar-refractivity contribution is 9.10. The van der Waals surface area contributed by atoms with Crippen molar-refractivity contribution in [2.75, 3.05) is 6.54 Å². The van der Waals surface area contributed by atoms with E-state index in [9.17, 15) is 4.39 Å². The number of rotatable bonds is 5. The summed E-state index contributed by atoms with van der Waals surface area (Å²) in [7, 11) is 0. The predicted molar refractivity (Wildman–Crippen MR) is 72.8 cm³/mol. The molecule has 0 radical (unpaired) electrons. The molecule has 2 N–H and O–H groups in total. The van der Waals surface area contributed by atoms with E-state index in [1.165, 1.54) is 6.07 Å². The summed E-state index contributed by atoms with van der Waals surface area (Å²) in [4.78, 5) is 7.25. The Morgan fingerprint density at radius 1 is 1.50 bits per heavy atom. The number of aromatic amines is 1. The third kappa shape index (κ3) is 2.97. The number of hydrogen-bond acceptors (Lipinski definition) is 2. The van der Waals surface area contributed by atoms with Gasteiger partial charge in [0.05, 0.1) is 6.04 Å². The molecule has 0 amide bonds. The lowest BCUT2D eigenvalue weighted by Crippen LogP contribution is -2.25. The Hall–Kier alpha value is -1.20. The highest BCUT2D eigenvalue weighted by Crippen LogP contribution is 2.25. The van der Waals surface area contributed by atoms with Gasteiger partial charge in [0, 0.05) is 22.4 Å². The molecular weight excluding hydrogens is 297 g/mol. The van der Waals surface area contributed by atoms with Gasteiger partial charge in [-0.1, -0.05) is 22.9 Å². The summed E-state index contributed by atoms with van der Waals surface area (Å²) < 4.78 is 14.8. The van der Waals surface area contributed by atoms with Gasteiger partial charge < -0.3 is 10.3 Å². The summed E-state index contributed by atoms with van der Waals surface area (Å²) in [6.45, 7) is 2.88. The zero-order valence-electron chi connectivity index (χ0n) is 10.1. The number of hydrogen-bond donors (Lipinski definition) is 2. The quantitative estimate of drug-likeness (QED) is 0.888. The van der Waals surface area contributed by atoms with Crippen molar-refractivity contribution in [2.24, 2.45) is 0 Å². The van der Waals surface area contributed by atoms with Crippen LogP contribution >= 0.6 is 15.9 Å². The molecule has 0 spiro atoms. The fourth-order valence-electron chi connectivity index (χ4n) is 1.81. The van der Waals surface area contributed by atoms with E-state index in [-0.39, 0.29) is 11.9 Å². The summed E-state index contributed by atoms with van der Waals surface area (Å²) in [5, 5.41) is 3.30. The van der Waals surface area contributed by atoms with E-state index in [0.29, 0.717) is 5.56 Å². The van der Waals surface area contributed by atoms with Gasteiger partial charge in [-0.3, -0.25) is 0 Å². The molecule has 2 aromatic rings. The average molecular weight is 312 g/mol. The lowest BCUT2D eigenvalue weighted by molar-refractivity contribution is 0.532. The first-order chi connectivity index (χ1) is 8.72. The zero-order valence-corrected chi connectivity index (χ0v) is 11.7. The lowest BCUT2D eigenvalue weighted by Gasteiger charge is -2.17. The fourth-order valence-corrected chi connectivity index (χ4v) is 2.19. The van der Waals surface area contributed by atoms with Crippen molar-refractivity contribution in [2.45, 2.75) is 19.4 Å². The SMILES string of the molecule is CCCNC(c1ncc[nH]1)c1cc(Br)ccc1F. The molecule has 0 aliphatic heterocycles. The zero-order chi connectivity index (χ0) is 13.0. The maximum Gasteiger partial charge on any atom is 0.128 e. The van der Waals surface area contributed by atoms with Crippen molar-refractivity contribution >= 4 is 15.9 Å². The fraction of sp³-hybridized carbons (Fsp3) is 0.308.